The minimum atomic E-state index is -1.61. The smallest absolute Gasteiger partial charge is 0.300 e. The van der Waals surface area contributed by atoms with Crippen molar-refractivity contribution in [1.29, 1.82) is 0 Å². The summed E-state index contributed by atoms with van der Waals surface area (Å²) >= 11 is 0. The molecule has 0 saturated carbocycles. The molecule has 1 heterocycles. The van der Waals surface area contributed by atoms with Gasteiger partial charge in [-0.25, -0.2) is 0 Å². The van der Waals surface area contributed by atoms with Gasteiger partial charge >= 0.3 is 0 Å². The van der Waals surface area contributed by atoms with E-state index in [1.54, 1.807) is 0 Å². The molecular formula is C32H65NO9. The number of carbonyl (C=O) groups is 2. The molecule has 0 aromatic carbocycles. The van der Waals surface area contributed by atoms with E-state index < -0.39 is 37.0 Å². The Morgan fingerprint density at radius 3 is 1.57 bits per heavy atom. The number of aliphatic hydroxyl groups is 5. The van der Waals surface area contributed by atoms with E-state index in [2.05, 4.69) is 30.4 Å². The summed E-state index contributed by atoms with van der Waals surface area (Å²) in [5.74, 6) is -0.833. The zero-order valence-corrected chi connectivity index (χ0v) is 27.3. The summed E-state index contributed by atoms with van der Waals surface area (Å²) in [5, 5.41) is 52.3. The van der Waals surface area contributed by atoms with Crippen LogP contribution in [0.3, 0.4) is 0 Å². The van der Waals surface area contributed by atoms with Crippen LogP contribution >= 0.6 is 0 Å². The molecule has 6 N–H and O–H groups in total. The van der Waals surface area contributed by atoms with Crippen molar-refractivity contribution < 1.29 is 45.0 Å². The first-order valence-electron chi connectivity index (χ1n) is 16.1. The van der Waals surface area contributed by atoms with Gasteiger partial charge in [0.2, 0.25) is 0 Å². The van der Waals surface area contributed by atoms with Gasteiger partial charge in [0, 0.05) is 32.2 Å². The van der Waals surface area contributed by atoms with Crippen molar-refractivity contribution in [3.05, 3.63) is 0 Å². The molecule has 1 saturated heterocycles. The number of carboxylic acids is 1. The second-order valence-corrected chi connectivity index (χ2v) is 12.1. The highest BCUT2D eigenvalue weighted by molar-refractivity contribution is 5.63. The molecule has 0 bridgehead atoms. The third-order valence-corrected chi connectivity index (χ3v) is 7.77. The van der Waals surface area contributed by atoms with E-state index in [1.165, 1.54) is 110 Å². The second kappa shape index (κ2) is 27.4. The summed E-state index contributed by atoms with van der Waals surface area (Å²) in [4.78, 5) is 21.7. The van der Waals surface area contributed by atoms with Crippen LogP contribution in [0.15, 0.2) is 0 Å². The Labute approximate surface area is 255 Å². The first-order valence-corrected chi connectivity index (χ1v) is 16.1. The highest BCUT2D eigenvalue weighted by atomic mass is 16.5. The molecule has 0 aromatic rings. The number of methoxy groups -OCH3 is 1. The number of ether oxygens (including phenoxy) is 1. The molecule has 252 valence electrons. The van der Waals surface area contributed by atoms with Gasteiger partial charge in [0.15, 0.2) is 6.29 Å². The number of rotatable bonds is 24. The third kappa shape index (κ3) is 23.3. The summed E-state index contributed by atoms with van der Waals surface area (Å²) in [7, 11) is 1.18. The van der Waals surface area contributed by atoms with E-state index in [-0.39, 0.29) is 0 Å². The first-order chi connectivity index (χ1) is 19.9. The largest absolute Gasteiger partial charge is 0.481 e. The molecule has 10 nitrogen and oxygen atoms in total. The maximum atomic E-state index is 10.3. The summed E-state index contributed by atoms with van der Waals surface area (Å²) in [6.45, 7) is 8.79. The Hall–Kier alpha value is -1.14. The molecule has 2 unspecified atom stereocenters. The van der Waals surface area contributed by atoms with Gasteiger partial charge in [0.1, 0.15) is 24.4 Å². The van der Waals surface area contributed by atoms with Crippen molar-refractivity contribution in [2.75, 3.05) is 26.9 Å². The van der Waals surface area contributed by atoms with E-state index in [0.29, 0.717) is 24.5 Å². The van der Waals surface area contributed by atoms with Gasteiger partial charge in [-0.3, -0.25) is 9.69 Å². The monoisotopic (exact) mass is 607 g/mol. The van der Waals surface area contributed by atoms with Gasteiger partial charge in [-0.1, -0.05) is 103 Å². The first kappa shape index (κ1) is 43.0. The lowest BCUT2D eigenvalue weighted by molar-refractivity contribution is -0.141. The van der Waals surface area contributed by atoms with Crippen molar-refractivity contribution in [2.45, 2.75) is 166 Å². The number of carboxylic acid groups (broad SMARTS) is 1. The number of unbranched alkanes of at least 4 members (excludes halogenated alkanes) is 14. The molecule has 0 spiro atoms. The van der Waals surface area contributed by atoms with Gasteiger partial charge in [-0.15, -0.1) is 0 Å². The Kier molecular flexibility index (Phi) is 28.1. The molecule has 1 rings (SSSR count). The van der Waals surface area contributed by atoms with Crippen LogP contribution in [0.1, 0.15) is 130 Å². The Morgan fingerprint density at radius 2 is 1.26 bits per heavy atom. The number of aliphatic carboxylic acids is 1. The molecule has 0 amide bonds. The molecule has 0 aromatic heterocycles. The van der Waals surface area contributed by atoms with Crippen LogP contribution in [0.5, 0.6) is 0 Å². The zero-order valence-electron chi connectivity index (χ0n) is 27.3. The van der Waals surface area contributed by atoms with Crippen LogP contribution in [0.2, 0.25) is 0 Å². The fourth-order valence-corrected chi connectivity index (χ4v) is 4.96. The molecule has 6 atom stereocenters. The second-order valence-electron chi connectivity index (χ2n) is 12.1. The zero-order chi connectivity index (χ0) is 32.4. The molecule has 42 heavy (non-hydrogen) atoms. The molecule has 1 fully saturated rings. The average Bonchev–Trinajstić information content (AvgIpc) is 3.76. The van der Waals surface area contributed by atoms with Crippen molar-refractivity contribution in [2.24, 2.45) is 0 Å². The standard InChI is InChI=1S/C23H47NO.C7H14O6.C2H4O2/c1-4-5-6-7-8-9-10-11-12-13-14-15-16-17-18-19-23(2,3)24-20-22(24)21-25;1-13-5(3-9)7(12)6(11)4(10)2-8;1-2(3)4/h22,25H,4-21H2,1-3H3;3-8,10-12H,2H2,1H3;1H3,(H,3,4)/t;4-,5+,6-,7-;/m.1./s1. The predicted octanol–water partition coefficient (Wildman–Crippen LogP) is 4.07. The number of nitrogens with zero attached hydrogens (tertiary/aromatic N) is 1. The molecular weight excluding hydrogens is 542 g/mol. The van der Waals surface area contributed by atoms with Crippen LogP contribution in [-0.2, 0) is 14.3 Å². The van der Waals surface area contributed by atoms with Crippen molar-refractivity contribution >= 4 is 12.3 Å². The van der Waals surface area contributed by atoms with E-state index in [4.69, 9.17) is 25.2 Å². The Balaban J connectivity index is 0. The minimum Gasteiger partial charge on any atom is -0.481 e. The molecule has 10 heteroatoms. The number of aliphatic hydroxyl groups excluding tert-OH is 5. The number of hydrogen-bond donors (Lipinski definition) is 6. The topological polar surface area (TPSA) is 168 Å². The normalized spacial score (nSPS) is 18.9. The van der Waals surface area contributed by atoms with E-state index in [9.17, 15) is 15.0 Å². The van der Waals surface area contributed by atoms with Crippen LogP contribution in [-0.4, -0.2) is 111 Å². The van der Waals surface area contributed by atoms with Gasteiger partial charge < -0.3 is 40.2 Å². The van der Waals surface area contributed by atoms with Gasteiger partial charge in [0.05, 0.1) is 13.2 Å². The quantitative estimate of drug-likeness (QED) is 0.0535. The molecule has 0 aliphatic carbocycles. The average molecular weight is 608 g/mol. The highest BCUT2D eigenvalue weighted by Crippen LogP contribution is 2.33. The Morgan fingerprint density at radius 1 is 0.857 bits per heavy atom. The van der Waals surface area contributed by atoms with Crippen LogP contribution < -0.4 is 0 Å². The maximum Gasteiger partial charge on any atom is 0.300 e. The van der Waals surface area contributed by atoms with Crippen molar-refractivity contribution in [1.82, 2.24) is 4.90 Å². The SMILES string of the molecule is CC(=O)O.CCCCCCCCCCCCCCCCCC(C)(C)N1CC1CO.CO[C@@H](C=O)[C@@H](O)[C@H](O)[C@H](O)CO. The predicted molar refractivity (Wildman–Crippen MR) is 166 cm³/mol. The minimum absolute atomic E-state index is 0.296. The van der Waals surface area contributed by atoms with E-state index in [0.717, 1.165) is 13.5 Å². The van der Waals surface area contributed by atoms with Gasteiger partial charge in [0.25, 0.3) is 5.97 Å². The van der Waals surface area contributed by atoms with Crippen LogP contribution in [0.4, 0.5) is 0 Å². The third-order valence-electron chi connectivity index (χ3n) is 7.77. The van der Waals surface area contributed by atoms with Crippen LogP contribution in [0, 0.1) is 0 Å². The Bertz CT molecular complexity index is 631. The number of carbonyl (C=O) groups excluding carboxylic acids is 1. The fourth-order valence-electron chi connectivity index (χ4n) is 4.96. The lowest BCUT2D eigenvalue weighted by Gasteiger charge is -2.27. The van der Waals surface area contributed by atoms with Crippen molar-refractivity contribution in [3.63, 3.8) is 0 Å². The summed E-state index contributed by atoms with van der Waals surface area (Å²) in [6, 6.07) is 0.450. The molecule has 1 aliphatic rings. The maximum absolute atomic E-state index is 10.3. The summed E-state index contributed by atoms with van der Waals surface area (Å²) < 4.78 is 4.51. The molecule has 0 radical (unpaired) electrons. The van der Waals surface area contributed by atoms with Gasteiger partial charge in [-0.2, -0.15) is 0 Å². The number of aldehydes is 1. The lowest BCUT2D eigenvalue weighted by atomic mass is 9.95. The van der Waals surface area contributed by atoms with E-state index in [1.807, 2.05) is 0 Å². The lowest BCUT2D eigenvalue weighted by Crippen LogP contribution is -2.47. The fraction of sp³-hybridized carbons (Fsp3) is 0.938. The van der Waals surface area contributed by atoms with Gasteiger partial charge in [-0.05, 0) is 20.3 Å². The highest BCUT2D eigenvalue weighted by Gasteiger charge is 2.43. The summed E-state index contributed by atoms with van der Waals surface area (Å²) in [6.07, 6.45) is 17.2. The van der Waals surface area contributed by atoms with Crippen LogP contribution in [0.25, 0.3) is 0 Å². The number of hydrogen-bond acceptors (Lipinski definition) is 9. The summed E-state index contributed by atoms with van der Waals surface area (Å²) in [5.41, 5.74) is 0.296. The van der Waals surface area contributed by atoms with Crippen molar-refractivity contribution in [3.8, 4) is 0 Å². The molecule has 1 aliphatic heterocycles. The van der Waals surface area contributed by atoms with E-state index >= 15 is 0 Å².